The second-order valence-corrected chi connectivity index (χ2v) is 10.4. The zero-order chi connectivity index (χ0) is 18.7. The smallest absolute Gasteiger partial charge is 0.0437 e. The van der Waals surface area contributed by atoms with E-state index in [-0.39, 0.29) is 0 Å². The fourth-order valence-electron chi connectivity index (χ4n) is 6.88. The fraction of sp³-hybridized carbons (Fsp3) is 1.00. The Labute approximate surface area is 158 Å². The van der Waals surface area contributed by atoms with Gasteiger partial charge in [0.1, 0.15) is 0 Å². The third kappa shape index (κ3) is 4.63. The Morgan fingerprint density at radius 1 is 0.800 bits per heavy atom. The van der Waals surface area contributed by atoms with Crippen LogP contribution >= 0.6 is 0 Å². The second-order valence-electron chi connectivity index (χ2n) is 10.4. The minimum absolute atomic E-state index is 0.593. The monoisotopic (exact) mass is 350 g/mol. The number of rotatable bonds is 2. The highest BCUT2D eigenvalue weighted by Gasteiger charge is 2.50. The van der Waals surface area contributed by atoms with Crippen molar-refractivity contribution in [1.82, 2.24) is 0 Å². The highest BCUT2D eigenvalue weighted by atomic mass is 16.5. The van der Waals surface area contributed by atoms with E-state index in [1.807, 2.05) is 13.8 Å². The van der Waals surface area contributed by atoms with Crippen LogP contribution in [-0.4, -0.2) is 13.2 Å². The van der Waals surface area contributed by atoms with Gasteiger partial charge in [-0.05, 0) is 86.4 Å². The lowest BCUT2D eigenvalue weighted by Crippen LogP contribution is -2.48. The molecule has 148 valence electrons. The molecule has 6 atom stereocenters. The highest BCUT2D eigenvalue weighted by molar-refractivity contribution is 5.00. The lowest BCUT2D eigenvalue weighted by Gasteiger charge is -2.57. The van der Waals surface area contributed by atoms with Crippen LogP contribution in [0, 0.1) is 40.4 Å². The Morgan fingerprint density at radius 3 is 2.04 bits per heavy atom. The molecule has 1 heteroatoms. The Hall–Kier alpha value is -0.0400. The lowest BCUT2D eigenvalue weighted by molar-refractivity contribution is -0.0692. The molecule has 2 bridgehead atoms. The van der Waals surface area contributed by atoms with Crippen LogP contribution in [0.4, 0.5) is 0 Å². The largest absolute Gasteiger partial charge is 0.382 e. The summed E-state index contributed by atoms with van der Waals surface area (Å²) in [5.74, 6) is 4.92. The fourth-order valence-corrected chi connectivity index (χ4v) is 6.88. The summed E-state index contributed by atoms with van der Waals surface area (Å²) in [5.41, 5.74) is 1.26. The Kier molecular flexibility index (Phi) is 7.45. The molecule has 0 aromatic heterocycles. The van der Waals surface area contributed by atoms with Gasteiger partial charge in [-0.2, -0.15) is 0 Å². The van der Waals surface area contributed by atoms with E-state index in [9.17, 15) is 0 Å². The van der Waals surface area contributed by atoms with Crippen molar-refractivity contribution in [3.63, 3.8) is 0 Å². The van der Waals surface area contributed by atoms with Crippen molar-refractivity contribution in [2.45, 2.75) is 99.8 Å². The first-order valence-corrected chi connectivity index (χ1v) is 11.3. The van der Waals surface area contributed by atoms with Crippen LogP contribution in [0.1, 0.15) is 99.8 Å². The van der Waals surface area contributed by atoms with E-state index in [2.05, 4.69) is 34.6 Å². The molecule has 3 rings (SSSR count). The maximum atomic E-state index is 4.83. The summed E-state index contributed by atoms with van der Waals surface area (Å²) in [6, 6.07) is 0. The van der Waals surface area contributed by atoms with E-state index in [4.69, 9.17) is 4.74 Å². The molecule has 0 heterocycles. The summed E-state index contributed by atoms with van der Waals surface area (Å²) in [6.07, 6.45) is 12.0. The van der Waals surface area contributed by atoms with Crippen LogP contribution in [0.5, 0.6) is 0 Å². The van der Waals surface area contributed by atoms with Gasteiger partial charge in [0.25, 0.3) is 0 Å². The van der Waals surface area contributed by atoms with Gasteiger partial charge < -0.3 is 4.74 Å². The van der Waals surface area contributed by atoms with Crippen LogP contribution in [0.15, 0.2) is 0 Å². The predicted molar refractivity (Wildman–Crippen MR) is 110 cm³/mol. The molecule has 0 spiro atoms. The standard InChI is InChI=1S/C20H36.C4H10O/c1-14-7-6-11-20(5)12-10-17-15(2)8-9-16(13-18(14)20)19(17,3)4;1-3-5-4-2/h14-18H,6-13H2,1-5H3;3-4H2,1-2H3/t14-,15-,16+,17+,18-,20+;/m1./s1. The summed E-state index contributed by atoms with van der Waals surface area (Å²) < 4.78 is 4.83. The molecule has 3 saturated carbocycles. The van der Waals surface area contributed by atoms with Crippen LogP contribution in [-0.2, 0) is 4.74 Å². The van der Waals surface area contributed by atoms with E-state index in [1.165, 1.54) is 51.4 Å². The van der Waals surface area contributed by atoms with E-state index in [1.54, 1.807) is 0 Å². The molecule has 0 aromatic rings. The number of fused-ring (bicyclic) bond motifs is 3. The van der Waals surface area contributed by atoms with Crippen molar-refractivity contribution in [3.8, 4) is 0 Å². The number of hydrogen-bond acceptors (Lipinski definition) is 1. The third-order valence-electron chi connectivity index (χ3n) is 8.63. The average molecular weight is 351 g/mol. The minimum atomic E-state index is 0.593. The van der Waals surface area contributed by atoms with E-state index < -0.39 is 0 Å². The second kappa shape index (κ2) is 8.77. The average Bonchev–Trinajstić information content (AvgIpc) is 2.53. The molecular formula is C24H46O. The first-order valence-electron chi connectivity index (χ1n) is 11.3. The van der Waals surface area contributed by atoms with Gasteiger partial charge in [0.05, 0.1) is 0 Å². The van der Waals surface area contributed by atoms with Crippen molar-refractivity contribution in [2.24, 2.45) is 40.4 Å². The molecule has 1 nitrogen and oxygen atoms in total. The predicted octanol–water partition coefficient (Wildman–Crippen LogP) is 7.34. The number of hydrogen-bond donors (Lipinski definition) is 0. The van der Waals surface area contributed by atoms with Crippen molar-refractivity contribution in [2.75, 3.05) is 13.2 Å². The zero-order valence-electron chi connectivity index (χ0n) is 18.4. The summed E-state index contributed by atoms with van der Waals surface area (Å²) >= 11 is 0. The summed E-state index contributed by atoms with van der Waals surface area (Å²) in [5, 5.41) is 0. The first-order chi connectivity index (χ1) is 11.8. The van der Waals surface area contributed by atoms with Gasteiger partial charge in [0.15, 0.2) is 0 Å². The molecule has 25 heavy (non-hydrogen) atoms. The SMILES string of the molecule is CCOCC.C[C@@H]1CCC[C@@]2(C)CC[C@H]3[C@H](C)CC[C@@H](C[C@H]12)C3(C)C. The topological polar surface area (TPSA) is 9.23 Å². The van der Waals surface area contributed by atoms with Gasteiger partial charge >= 0.3 is 0 Å². The highest BCUT2D eigenvalue weighted by Crippen LogP contribution is 2.60. The van der Waals surface area contributed by atoms with Gasteiger partial charge in [-0.25, -0.2) is 0 Å². The summed E-state index contributed by atoms with van der Waals surface area (Å²) in [4.78, 5) is 0. The summed E-state index contributed by atoms with van der Waals surface area (Å²) in [6.45, 7) is 18.6. The Morgan fingerprint density at radius 2 is 1.44 bits per heavy atom. The molecule has 3 fully saturated rings. The van der Waals surface area contributed by atoms with Gasteiger partial charge in [0.2, 0.25) is 0 Å². The molecule has 0 aromatic carbocycles. The molecule has 0 amide bonds. The molecule has 0 radical (unpaired) electrons. The third-order valence-corrected chi connectivity index (χ3v) is 8.63. The zero-order valence-corrected chi connectivity index (χ0v) is 18.4. The van der Waals surface area contributed by atoms with E-state index in [0.717, 1.165) is 42.8 Å². The summed E-state index contributed by atoms with van der Waals surface area (Å²) in [7, 11) is 0. The molecular weight excluding hydrogens is 304 g/mol. The molecule has 3 aliphatic rings. The maximum absolute atomic E-state index is 4.83. The normalized spacial score (nSPS) is 43.1. The molecule has 0 aliphatic heterocycles. The van der Waals surface area contributed by atoms with E-state index in [0.29, 0.717) is 10.8 Å². The van der Waals surface area contributed by atoms with Gasteiger partial charge in [-0.15, -0.1) is 0 Å². The molecule has 0 saturated heterocycles. The first kappa shape index (κ1) is 21.3. The van der Waals surface area contributed by atoms with Gasteiger partial charge in [0, 0.05) is 13.2 Å². The number of ether oxygens (including phenoxy) is 1. The lowest BCUT2D eigenvalue weighted by atomic mass is 9.48. The quantitative estimate of drug-likeness (QED) is 0.506. The Balaban J connectivity index is 0.000000399. The van der Waals surface area contributed by atoms with Crippen molar-refractivity contribution >= 4 is 0 Å². The van der Waals surface area contributed by atoms with Gasteiger partial charge in [-0.3, -0.25) is 0 Å². The molecule has 0 N–H and O–H groups in total. The van der Waals surface area contributed by atoms with Crippen LogP contribution < -0.4 is 0 Å². The molecule has 3 aliphatic carbocycles. The molecule has 0 unspecified atom stereocenters. The van der Waals surface area contributed by atoms with Crippen LogP contribution in [0.3, 0.4) is 0 Å². The van der Waals surface area contributed by atoms with Crippen LogP contribution in [0.2, 0.25) is 0 Å². The Bertz CT molecular complexity index is 399. The minimum Gasteiger partial charge on any atom is -0.382 e. The van der Waals surface area contributed by atoms with Crippen LogP contribution in [0.25, 0.3) is 0 Å². The maximum Gasteiger partial charge on any atom is 0.0437 e. The van der Waals surface area contributed by atoms with E-state index >= 15 is 0 Å². The van der Waals surface area contributed by atoms with Crippen molar-refractivity contribution < 1.29 is 4.74 Å². The van der Waals surface area contributed by atoms with Gasteiger partial charge in [-0.1, -0.05) is 53.9 Å². The van der Waals surface area contributed by atoms with Crippen molar-refractivity contribution in [1.29, 1.82) is 0 Å². The van der Waals surface area contributed by atoms with Crippen molar-refractivity contribution in [3.05, 3.63) is 0 Å².